The number of ether oxygens (including phenoxy) is 1. The molecule has 1 fully saturated rings. The maximum absolute atomic E-state index is 5.14. The molecular formula is C10H20N2O. The highest BCUT2D eigenvalue weighted by Crippen LogP contribution is 2.07. The van der Waals surface area contributed by atoms with Crippen molar-refractivity contribution in [1.29, 1.82) is 0 Å². The van der Waals surface area contributed by atoms with Crippen molar-refractivity contribution in [2.24, 2.45) is 0 Å². The maximum Gasteiger partial charge on any atom is 0.0667 e. The highest BCUT2D eigenvalue weighted by Gasteiger charge is 2.10. The first-order valence-electron chi connectivity index (χ1n) is 4.85. The molecule has 3 heteroatoms. The van der Waals surface area contributed by atoms with Crippen molar-refractivity contribution in [2.45, 2.75) is 20.0 Å². The molecule has 1 heterocycles. The smallest absolute Gasteiger partial charge is 0.0667 e. The lowest BCUT2D eigenvalue weighted by Crippen LogP contribution is -2.36. The third kappa shape index (κ3) is 3.46. The van der Waals surface area contributed by atoms with Gasteiger partial charge in [-0.3, -0.25) is 0 Å². The van der Waals surface area contributed by atoms with Crippen molar-refractivity contribution < 1.29 is 4.74 Å². The fourth-order valence-corrected chi connectivity index (χ4v) is 1.22. The van der Waals surface area contributed by atoms with Crippen LogP contribution in [0.4, 0.5) is 0 Å². The Bertz CT molecular complexity index is 183. The van der Waals surface area contributed by atoms with Crippen molar-refractivity contribution in [3.63, 3.8) is 0 Å². The zero-order valence-corrected chi connectivity index (χ0v) is 8.81. The van der Waals surface area contributed by atoms with E-state index in [0.29, 0.717) is 6.10 Å². The zero-order chi connectivity index (χ0) is 9.68. The first-order chi connectivity index (χ1) is 6.24. The van der Waals surface area contributed by atoms with Crippen LogP contribution in [0.3, 0.4) is 0 Å². The van der Waals surface area contributed by atoms with E-state index in [9.17, 15) is 0 Å². The van der Waals surface area contributed by atoms with Gasteiger partial charge in [0.1, 0.15) is 0 Å². The highest BCUT2D eigenvalue weighted by atomic mass is 16.5. The standard InChI is InChI=1S/C10H20N2O/c1-8(10-6-12-7-10)4-11-5-9(2)13-3/h9,11-12H,4-7H2,1-3H3. The Balaban J connectivity index is 2.11. The fraction of sp³-hybridized carbons (Fsp3) is 0.800. The lowest BCUT2D eigenvalue weighted by molar-refractivity contribution is 0.118. The molecule has 0 aromatic carbocycles. The minimum atomic E-state index is 0.303. The summed E-state index contributed by atoms with van der Waals surface area (Å²) in [6.07, 6.45) is 0.303. The van der Waals surface area contributed by atoms with Crippen molar-refractivity contribution >= 4 is 0 Å². The summed E-state index contributed by atoms with van der Waals surface area (Å²) in [7, 11) is 1.74. The first-order valence-corrected chi connectivity index (χ1v) is 4.85. The molecule has 0 aromatic heterocycles. The molecule has 1 unspecified atom stereocenters. The van der Waals surface area contributed by atoms with Crippen LogP contribution in [0.5, 0.6) is 0 Å². The molecule has 0 aromatic rings. The third-order valence-electron chi connectivity index (χ3n) is 2.50. The van der Waals surface area contributed by atoms with Crippen LogP contribution in [-0.4, -0.2) is 39.4 Å². The summed E-state index contributed by atoms with van der Waals surface area (Å²) in [5, 5.41) is 6.62. The summed E-state index contributed by atoms with van der Waals surface area (Å²) in [6, 6.07) is 0. The molecule has 1 aliphatic heterocycles. The Kier molecular flexibility index (Phi) is 4.42. The summed E-state index contributed by atoms with van der Waals surface area (Å²) in [4.78, 5) is 0. The van der Waals surface area contributed by atoms with Gasteiger partial charge in [-0.25, -0.2) is 0 Å². The normalized spacial score (nSPS) is 18.2. The Morgan fingerprint density at radius 3 is 2.77 bits per heavy atom. The lowest BCUT2D eigenvalue weighted by atomic mass is 10.0. The minimum Gasteiger partial charge on any atom is -0.380 e. The molecule has 0 bridgehead atoms. The molecule has 1 saturated heterocycles. The van der Waals surface area contributed by atoms with Crippen LogP contribution in [0, 0.1) is 0 Å². The zero-order valence-electron chi connectivity index (χ0n) is 8.81. The molecule has 13 heavy (non-hydrogen) atoms. The van der Waals surface area contributed by atoms with Gasteiger partial charge >= 0.3 is 0 Å². The van der Waals surface area contributed by atoms with Crippen molar-refractivity contribution in [3.05, 3.63) is 11.1 Å². The second kappa shape index (κ2) is 5.37. The molecule has 0 radical (unpaired) electrons. The number of hydrogen-bond donors (Lipinski definition) is 2. The highest BCUT2D eigenvalue weighted by molar-refractivity contribution is 5.22. The van der Waals surface area contributed by atoms with Crippen molar-refractivity contribution in [3.8, 4) is 0 Å². The van der Waals surface area contributed by atoms with Gasteiger partial charge in [0.05, 0.1) is 6.10 Å². The first kappa shape index (κ1) is 10.7. The third-order valence-corrected chi connectivity index (χ3v) is 2.50. The van der Waals surface area contributed by atoms with E-state index in [-0.39, 0.29) is 0 Å². The van der Waals surface area contributed by atoms with Crippen molar-refractivity contribution in [1.82, 2.24) is 10.6 Å². The molecule has 0 saturated carbocycles. The average Bonchev–Trinajstić information content (AvgIpc) is 2.01. The summed E-state index contributed by atoms with van der Waals surface area (Å²) >= 11 is 0. The van der Waals surface area contributed by atoms with Crippen LogP contribution in [0.15, 0.2) is 11.1 Å². The van der Waals surface area contributed by atoms with Gasteiger partial charge in [0.15, 0.2) is 0 Å². The van der Waals surface area contributed by atoms with Crippen LogP contribution in [-0.2, 0) is 4.74 Å². The fourth-order valence-electron chi connectivity index (χ4n) is 1.22. The number of rotatable bonds is 5. The topological polar surface area (TPSA) is 33.3 Å². The summed E-state index contributed by atoms with van der Waals surface area (Å²) in [5.41, 5.74) is 3.03. The number of hydrogen-bond acceptors (Lipinski definition) is 3. The van der Waals surface area contributed by atoms with E-state index in [1.807, 2.05) is 0 Å². The molecule has 1 atom stereocenters. The van der Waals surface area contributed by atoms with Crippen molar-refractivity contribution in [2.75, 3.05) is 33.3 Å². The number of methoxy groups -OCH3 is 1. The molecule has 0 spiro atoms. The Morgan fingerprint density at radius 2 is 2.31 bits per heavy atom. The summed E-state index contributed by atoms with van der Waals surface area (Å²) < 4.78 is 5.14. The van der Waals surface area contributed by atoms with Gasteiger partial charge in [0, 0.05) is 33.3 Å². The van der Waals surface area contributed by atoms with E-state index in [4.69, 9.17) is 4.74 Å². The Labute approximate surface area is 80.5 Å². The molecule has 0 aliphatic carbocycles. The molecule has 76 valence electrons. The van der Waals surface area contributed by atoms with E-state index >= 15 is 0 Å². The average molecular weight is 184 g/mol. The molecule has 3 nitrogen and oxygen atoms in total. The predicted octanol–water partition coefficient (Wildman–Crippen LogP) is 0.531. The van der Waals surface area contributed by atoms with Gasteiger partial charge < -0.3 is 15.4 Å². The Morgan fingerprint density at radius 1 is 1.62 bits per heavy atom. The van der Waals surface area contributed by atoms with Gasteiger partial charge in [0.2, 0.25) is 0 Å². The van der Waals surface area contributed by atoms with E-state index < -0.39 is 0 Å². The Hall–Kier alpha value is -0.380. The van der Waals surface area contributed by atoms with Crippen LogP contribution in [0.25, 0.3) is 0 Å². The van der Waals surface area contributed by atoms with E-state index in [1.165, 1.54) is 5.57 Å². The largest absolute Gasteiger partial charge is 0.380 e. The summed E-state index contributed by atoms with van der Waals surface area (Å²) in [5.74, 6) is 0. The molecular weight excluding hydrogens is 164 g/mol. The summed E-state index contributed by atoms with van der Waals surface area (Å²) in [6.45, 7) is 8.33. The van der Waals surface area contributed by atoms with E-state index in [2.05, 4.69) is 24.5 Å². The molecule has 1 rings (SSSR count). The quantitative estimate of drug-likeness (QED) is 0.612. The van der Waals surface area contributed by atoms with Crippen LogP contribution < -0.4 is 10.6 Å². The van der Waals surface area contributed by atoms with Crippen LogP contribution >= 0.6 is 0 Å². The lowest BCUT2D eigenvalue weighted by Gasteiger charge is -2.22. The molecule has 0 amide bonds. The van der Waals surface area contributed by atoms with Gasteiger partial charge in [0.25, 0.3) is 0 Å². The van der Waals surface area contributed by atoms with Gasteiger partial charge in [-0.2, -0.15) is 0 Å². The number of nitrogens with one attached hydrogen (secondary N) is 2. The molecule has 2 N–H and O–H groups in total. The minimum absolute atomic E-state index is 0.303. The van der Waals surface area contributed by atoms with Crippen LogP contribution in [0.1, 0.15) is 13.8 Å². The molecule has 1 aliphatic rings. The second-order valence-corrected chi connectivity index (χ2v) is 3.66. The predicted molar refractivity (Wildman–Crippen MR) is 54.9 cm³/mol. The monoisotopic (exact) mass is 184 g/mol. The second-order valence-electron chi connectivity index (χ2n) is 3.66. The van der Waals surface area contributed by atoms with Gasteiger partial charge in [-0.05, 0) is 19.4 Å². The van der Waals surface area contributed by atoms with Gasteiger partial charge in [-0.15, -0.1) is 0 Å². The van der Waals surface area contributed by atoms with Crippen LogP contribution in [0.2, 0.25) is 0 Å². The maximum atomic E-state index is 5.14. The van der Waals surface area contributed by atoms with E-state index in [1.54, 1.807) is 12.7 Å². The van der Waals surface area contributed by atoms with E-state index in [0.717, 1.165) is 26.2 Å². The SMILES string of the molecule is COC(C)CNCC(C)=C1CNC1. The van der Waals surface area contributed by atoms with Gasteiger partial charge in [-0.1, -0.05) is 5.57 Å².